The third-order valence-corrected chi connectivity index (χ3v) is 6.49. The predicted octanol–water partition coefficient (Wildman–Crippen LogP) is 4.89. The van der Waals surface area contributed by atoms with Crippen molar-refractivity contribution >= 4 is 62.7 Å². The fraction of sp³-hybridized carbons (Fsp3) is 0.0476. The quantitative estimate of drug-likeness (QED) is 0.465. The van der Waals surface area contributed by atoms with Gasteiger partial charge >= 0.3 is 0 Å². The molecule has 1 aromatic heterocycles. The summed E-state index contributed by atoms with van der Waals surface area (Å²) in [5.74, 6) is -0.342. The minimum Gasteiger partial charge on any atom is -0.298 e. The highest BCUT2D eigenvalue weighted by molar-refractivity contribution is 8.26. The maximum atomic E-state index is 12.5. The van der Waals surface area contributed by atoms with E-state index >= 15 is 0 Å². The summed E-state index contributed by atoms with van der Waals surface area (Å²) in [6.45, 7) is 0. The first-order valence-electron chi connectivity index (χ1n) is 8.65. The van der Waals surface area contributed by atoms with E-state index < -0.39 is 0 Å². The maximum absolute atomic E-state index is 12.5. The summed E-state index contributed by atoms with van der Waals surface area (Å²) in [6, 6.07) is 16.9. The van der Waals surface area contributed by atoms with Crippen molar-refractivity contribution in [1.82, 2.24) is 9.88 Å². The normalized spacial score (nSPS) is 15.2. The number of anilines is 1. The van der Waals surface area contributed by atoms with Crippen molar-refractivity contribution in [1.29, 1.82) is 0 Å². The van der Waals surface area contributed by atoms with Crippen LogP contribution >= 0.6 is 35.3 Å². The molecule has 5 nitrogen and oxygen atoms in total. The van der Waals surface area contributed by atoms with Crippen LogP contribution in [0.15, 0.2) is 64.9 Å². The van der Waals surface area contributed by atoms with E-state index in [0.717, 1.165) is 16.8 Å². The molecule has 2 amide bonds. The second-order valence-electron chi connectivity index (χ2n) is 6.22. The second kappa shape index (κ2) is 8.28. The lowest BCUT2D eigenvalue weighted by molar-refractivity contribution is -0.121. The van der Waals surface area contributed by atoms with Crippen LogP contribution in [0.1, 0.15) is 15.9 Å². The van der Waals surface area contributed by atoms with Crippen LogP contribution in [0.2, 0.25) is 0 Å². The van der Waals surface area contributed by atoms with E-state index in [0.29, 0.717) is 19.9 Å². The largest absolute Gasteiger partial charge is 0.298 e. The number of likely N-dealkylation sites (N-methyl/N-ethyl adjacent to an activating group) is 1. The van der Waals surface area contributed by atoms with Gasteiger partial charge in [0.2, 0.25) is 0 Å². The highest BCUT2D eigenvalue weighted by Crippen LogP contribution is 2.31. The maximum Gasteiger partial charge on any atom is 0.265 e. The first-order valence-corrected chi connectivity index (χ1v) is 10.8. The Morgan fingerprint density at radius 1 is 1.14 bits per heavy atom. The number of benzene rings is 2. The number of carbonyl (C=O) groups excluding carboxylic acids is 2. The van der Waals surface area contributed by atoms with E-state index in [1.54, 1.807) is 37.4 Å². The molecule has 0 radical (unpaired) electrons. The van der Waals surface area contributed by atoms with E-state index in [2.05, 4.69) is 10.3 Å². The van der Waals surface area contributed by atoms with Crippen LogP contribution in [0.25, 0.3) is 17.3 Å². The predicted molar refractivity (Wildman–Crippen MR) is 123 cm³/mol. The Labute approximate surface area is 181 Å². The Kier molecular flexibility index (Phi) is 5.57. The van der Waals surface area contributed by atoms with Gasteiger partial charge in [-0.05, 0) is 23.8 Å². The van der Waals surface area contributed by atoms with Crippen LogP contribution in [-0.4, -0.2) is 33.1 Å². The van der Waals surface area contributed by atoms with Crippen molar-refractivity contribution in [2.24, 2.45) is 0 Å². The van der Waals surface area contributed by atoms with Gasteiger partial charge in [0.15, 0.2) is 5.13 Å². The number of hydrogen-bond donors (Lipinski definition) is 1. The van der Waals surface area contributed by atoms with Gasteiger partial charge in [0.1, 0.15) is 4.32 Å². The molecule has 0 unspecified atom stereocenters. The molecule has 0 bridgehead atoms. The molecule has 2 heterocycles. The van der Waals surface area contributed by atoms with Gasteiger partial charge in [0, 0.05) is 23.6 Å². The number of nitrogens with zero attached hydrogens (tertiary/aromatic N) is 2. The summed E-state index contributed by atoms with van der Waals surface area (Å²) in [4.78, 5) is 31.1. The number of thioether (sulfide) groups is 1. The van der Waals surface area contributed by atoms with E-state index in [1.807, 2.05) is 35.7 Å². The molecule has 0 spiro atoms. The molecule has 29 heavy (non-hydrogen) atoms. The Morgan fingerprint density at radius 2 is 1.86 bits per heavy atom. The van der Waals surface area contributed by atoms with Crippen LogP contribution < -0.4 is 5.32 Å². The second-order valence-corrected chi connectivity index (χ2v) is 8.75. The molecule has 0 saturated carbocycles. The molecule has 1 fully saturated rings. The van der Waals surface area contributed by atoms with E-state index in [1.165, 1.54) is 28.0 Å². The lowest BCUT2D eigenvalue weighted by Crippen LogP contribution is -2.22. The molecular formula is C21H15N3O2S3. The highest BCUT2D eigenvalue weighted by atomic mass is 32.2. The lowest BCUT2D eigenvalue weighted by atomic mass is 10.1. The Balaban J connectivity index is 1.45. The third-order valence-electron chi connectivity index (χ3n) is 4.25. The smallest absolute Gasteiger partial charge is 0.265 e. The minimum absolute atomic E-state index is 0.111. The molecule has 0 atom stereocenters. The van der Waals surface area contributed by atoms with Crippen molar-refractivity contribution < 1.29 is 9.59 Å². The summed E-state index contributed by atoms with van der Waals surface area (Å²) in [5.41, 5.74) is 3.18. The Morgan fingerprint density at radius 3 is 2.52 bits per heavy atom. The van der Waals surface area contributed by atoms with Gasteiger partial charge in [-0.15, -0.1) is 11.3 Å². The summed E-state index contributed by atoms with van der Waals surface area (Å²) >= 11 is 7.79. The first-order chi connectivity index (χ1) is 14.0. The molecular weight excluding hydrogens is 422 g/mol. The fourth-order valence-corrected chi connectivity index (χ4v) is 4.56. The zero-order valence-electron chi connectivity index (χ0n) is 15.3. The van der Waals surface area contributed by atoms with Crippen LogP contribution in [0.3, 0.4) is 0 Å². The van der Waals surface area contributed by atoms with Gasteiger partial charge in [-0.25, -0.2) is 4.98 Å². The Hall–Kier alpha value is -2.81. The van der Waals surface area contributed by atoms with Gasteiger partial charge in [-0.3, -0.25) is 19.8 Å². The molecule has 0 aliphatic carbocycles. The molecule has 1 saturated heterocycles. The van der Waals surface area contributed by atoms with Crippen molar-refractivity contribution in [2.45, 2.75) is 0 Å². The van der Waals surface area contributed by atoms with E-state index in [9.17, 15) is 9.59 Å². The van der Waals surface area contributed by atoms with Gasteiger partial charge in [-0.1, -0.05) is 66.4 Å². The first kappa shape index (κ1) is 19.5. The van der Waals surface area contributed by atoms with Gasteiger partial charge < -0.3 is 0 Å². The number of aromatic nitrogens is 1. The zero-order valence-corrected chi connectivity index (χ0v) is 17.7. The summed E-state index contributed by atoms with van der Waals surface area (Å²) < 4.78 is 0.538. The molecule has 3 aromatic rings. The Bertz CT molecular complexity index is 1120. The van der Waals surface area contributed by atoms with E-state index in [4.69, 9.17) is 12.2 Å². The SMILES string of the molecule is CN1C(=O)/C(=C/c2ccc(C(=O)Nc3nc(-c4ccccc4)cs3)cc2)SC1=S. The molecule has 1 N–H and O–H groups in total. The average molecular weight is 438 g/mol. The molecule has 1 aliphatic heterocycles. The van der Waals surface area contributed by atoms with Crippen molar-refractivity contribution in [3.63, 3.8) is 0 Å². The monoisotopic (exact) mass is 437 g/mol. The number of hydrogen-bond acceptors (Lipinski definition) is 6. The fourth-order valence-electron chi connectivity index (χ4n) is 2.67. The molecule has 8 heteroatoms. The summed E-state index contributed by atoms with van der Waals surface area (Å²) in [7, 11) is 1.66. The lowest BCUT2D eigenvalue weighted by Gasteiger charge is -2.04. The summed E-state index contributed by atoms with van der Waals surface area (Å²) in [5, 5.41) is 5.29. The number of nitrogens with one attached hydrogen (secondary N) is 1. The van der Waals surface area contributed by atoms with Gasteiger partial charge in [0.25, 0.3) is 11.8 Å². The number of thiocarbonyl (C=S) groups is 1. The molecule has 1 aliphatic rings. The van der Waals surface area contributed by atoms with Gasteiger partial charge in [-0.2, -0.15) is 0 Å². The third kappa shape index (κ3) is 4.29. The summed E-state index contributed by atoms with van der Waals surface area (Å²) in [6.07, 6.45) is 1.78. The van der Waals surface area contributed by atoms with Crippen LogP contribution in [-0.2, 0) is 4.79 Å². The van der Waals surface area contributed by atoms with E-state index in [-0.39, 0.29) is 11.8 Å². The topological polar surface area (TPSA) is 62.3 Å². The molecule has 2 aromatic carbocycles. The average Bonchev–Trinajstić information content (AvgIpc) is 3.30. The van der Waals surface area contributed by atoms with Crippen molar-refractivity contribution in [3.8, 4) is 11.3 Å². The van der Waals surface area contributed by atoms with Crippen LogP contribution in [0.4, 0.5) is 5.13 Å². The molecule has 144 valence electrons. The minimum atomic E-state index is -0.231. The number of amides is 2. The van der Waals surface area contributed by atoms with Crippen LogP contribution in [0, 0.1) is 0 Å². The highest BCUT2D eigenvalue weighted by Gasteiger charge is 2.28. The van der Waals surface area contributed by atoms with Crippen molar-refractivity contribution in [2.75, 3.05) is 12.4 Å². The zero-order chi connectivity index (χ0) is 20.4. The number of carbonyl (C=O) groups is 2. The number of thiazole rings is 1. The molecule has 4 rings (SSSR count). The van der Waals surface area contributed by atoms with Gasteiger partial charge in [0.05, 0.1) is 10.6 Å². The van der Waals surface area contributed by atoms with Crippen molar-refractivity contribution in [3.05, 3.63) is 76.0 Å². The number of rotatable bonds is 4. The standard InChI is InChI=1S/C21H15N3O2S3/c1-24-19(26)17(29-21(24)27)11-13-7-9-15(10-8-13)18(25)23-20-22-16(12-28-20)14-5-3-2-4-6-14/h2-12H,1H3,(H,22,23,25)/b17-11-. The van der Waals surface area contributed by atoms with Crippen LogP contribution in [0.5, 0.6) is 0 Å².